The average Bonchev–Trinajstić information content (AvgIpc) is 2.76. The van der Waals surface area contributed by atoms with Crippen LogP contribution >= 0.6 is 0 Å². The van der Waals surface area contributed by atoms with Crippen LogP contribution in [0.15, 0.2) is 29.2 Å². The third-order valence-electron chi connectivity index (χ3n) is 6.02. The molecule has 1 aliphatic heterocycles. The lowest BCUT2D eigenvalue weighted by Gasteiger charge is -2.35. The molecule has 2 aromatic heterocycles. The zero-order chi connectivity index (χ0) is 21.1. The van der Waals surface area contributed by atoms with Crippen LogP contribution in [0.5, 0.6) is 0 Å². The van der Waals surface area contributed by atoms with Gasteiger partial charge in [0.2, 0.25) is 5.95 Å². The average molecular weight is 411 g/mol. The van der Waals surface area contributed by atoms with E-state index in [1.54, 1.807) is 30.3 Å². The first-order valence-electron chi connectivity index (χ1n) is 10.8. The van der Waals surface area contributed by atoms with Crippen molar-refractivity contribution in [3.8, 4) is 0 Å². The van der Waals surface area contributed by atoms with Crippen LogP contribution in [-0.4, -0.2) is 57.6 Å². The number of nitrogens with one attached hydrogen (secondary N) is 1. The Morgan fingerprint density at radius 1 is 1.10 bits per heavy atom. The van der Waals surface area contributed by atoms with Crippen molar-refractivity contribution in [1.29, 1.82) is 0 Å². The Labute approximate surface area is 176 Å². The van der Waals surface area contributed by atoms with Crippen molar-refractivity contribution in [2.75, 3.05) is 36.4 Å². The topological polar surface area (TPSA) is 83.4 Å². The molecule has 1 N–H and O–H groups in total. The summed E-state index contributed by atoms with van der Waals surface area (Å²) in [5, 5.41) is 3.51. The second kappa shape index (κ2) is 8.85. The summed E-state index contributed by atoms with van der Waals surface area (Å²) in [5.41, 5.74) is 0.907. The summed E-state index contributed by atoms with van der Waals surface area (Å²) >= 11 is 0. The first kappa shape index (κ1) is 20.4. The third-order valence-corrected chi connectivity index (χ3v) is 6.02. The van der Waals surface area contributed by atoms with E-state index in [2.05, 4.69) is 15.2 Å². The Bertz CT molecular complexity index is 958. The van der Waals surface area contributed by atoms with Gasteiger partial charge in [0, 0.05) is 57.2 Å². The Hall–Kier alpha value is -2.90. The van der Waals surface area contributed by atoms with Gasteiger partial charge in [-0.2, -0.15) is 4.98 Å². The molecule has 0 spiro atoms. The SMILES string of the molecule is Cc1cc(N2CCN(C(=O)c3cccn(C)c3=O)CC2)nc(NC2CCCCC2)n1. The van der Waals surface area contributed by atoms with E-state index in [4.69, 9.17) is 4.98 Å². The molecule has 2 aliphatic rings. The minimum absolute atomic E-state index is 0.200. The number of hydrogen-bond acceptors (Lipinski definition) is 6. The van der Waals surface area contributed by atoms with Gasteiger partial charge in [-0.15, -0.1) is 0 Å². The Morgan fingerprint density at radius 3 is 2.57 bits per heavy atom. The number of pyridine rings is 1. The summed E-state index contributed by atoms with van der Waals surface area (Å²) in [6.45, 7) is 4.47. The molecule has 1 saturated heterocycles. The molecular formula is C22H30N6O2. The van der Waals surface area contributed by atoms with Crippen LogP contribution in [0.3, 0.4) is 0 Å². The van der Waals surface area contributed by atoms with Gasteiger partial charge < -0.3 is 19.7 Å². The van der Waals surface area contributed by atoms with Crippen molar-refractivity contribution in [1.82, 2.24) is 19.4 Å². The number of aromatic nitrogens is 3. The fourth-order valence-corrected chi connectivity index (χ4v) is 4.28. The molecule has 0 bridgehead atoms. The van der Waals surface area contributed by atoms with E-state index in [0.717, 1.165) is 11.5 Å². The lowest BCUT2D eigenvalue weighted by atomic mass is 9.96. The summed E-state index contributed by atoms with van der Waals surface area (Å²) in [6, 6.07) is 5.79. The number of carbonyl (C=O) groups is 1. The van der Waals surface area contributed by atoms with E-state index in [1.807, 2.05) is 13.0 Å². The van der Waals surface area contributed by atoms with Crippen molar-refractivity contribution in [2.24, 2.45) is 7.05 Å². The van der Waals surface area contributed by atoms with Crippen molar-refractivity contribution in [3.63, 3.8) is 0 Å². The molecule has 2 fully saturated rings. The molecule has 1 amide bonds. The summed E-state index contributed by atoms with van der Waals surface area (Å²) in [5.74, 6) is 1.39. The van der Waals surface area contributed by atoms with Crippen molar-refractivity contribution >= 4 is 17.7 Å². The van der Waals surface area contributed by atoms with Crippen LogP contribution in [0.4, 0.5) is 11.8 Å². The van der Waals surface area contributed by atoms with E-state index in [1.165, 1.54) is 36.7 Å². The number of carbonyl (C=O) groups excluding carboxylic acids is 1. The Balaban J connectivity index is 1.41. The van der Waals surface area contributed by atoms with Gasteiger partial charge in [-0.3, -0.25) is 9.59 Å². The molecule has 0 unspecified atom stereocenters. The molecule has 4 rings (SSSR count). The van der Waals surface area contributed by atoms with Crippen molar-refractivity contribution < 1.29 is 4.79 Å². The first-order chi connectivity index (χ1) is 14.5. The van der Waals surface area contributed by atoms with Gasteiger partial charge in [0.25, 0.3) is 11.5 Å². The molecule has 1 aliphatic carbocycles. The van der Waals surface area contributed by atoms with Crippen LogP contribution in [0.1, 0.15) is 48.2 Å². The highest BCUT2D eigenvalue weighted by molar-refractivity contribution is 5.94. The number of piperazine rings is 1. The summed E-state index contributed by atoms with van der Waals surface area (Å²) < 4.78 is 1.44. The maximum absolute atomic E-state index is 12.8. The quantitative estimate of drug-likeness (QED) is 0.832. The number of nitrogens with zero attached hydrogens (tertiary/aromatic N) is 5. The molecule has 30 heavy (non-hydrogen) atoms. The second-order valence-electron chi connectivity index (χ2n) is 8.29. The molecule has 2 aromatic rings. The maximum atomic E-state index is 12.8. The summed E-state index contributed by atoms with van der Waals surface area (Å²) in [4.78, 5) is 38.3. The monoisotopic (exact) mass is 410 g/mol. The minimum atomic E-state index is -0.255. The molecule has 0 atom stereocenters. The van der Waals surface area contributed by atoms with Crippen molar-refractivity contribution in [3.05, 3.63) is 46.0 Å². The predicted octanol–water partition coefficient (Wildman–Crippen LogP) is 2.19. The molecule has 160 valence electrons. The van der Waals surface area contributed by atoms with Gasteiger partial charge in [0.1, 0.15) is 11.4 Å². The second-order valence-corrected chi connectivity index (χ2v) is 8.29. The summed E-state index contributed by atoms with van der Waals surface area (Å²) in [6.07, 6.45) is 7.84. The van der Waals surface area contributed by atoms with Gasteiger partial charge in [-0.05, 0) is 31.9 Å². The molecule has 8 heteroatoms. The number of anilines is 2. The highest BCUT2D eigenvalue weighted by atomic mass is 16.2. The van der Waals surface area contributed by atoms with E-state index in [9.17, 15) is 9.59 Å². The fourth-order valence-electron chi connectivity index (χ4n) is 4.28. The third kappa shape index (κ3) is 4.47. The van der Waals surface area contributed by atoms with Crippen LogP contribution in [0.2, 0.25) is 0 Å². The van der Waals surface area contributed by atoms with Crippen LogP contribution < -0.4 is 15.8 Å². The van der Waals surface area contributed by atoms with E-state index < -0.39 is 0 Å². The number of aryl methyl sites for hydroxylation is 2. The highest BCUT2D eigenvalue weighted by Gasteiger charge is 2.25. The normalized spacial score (nSPS) is 17.8. The van der Waals surface area contributed by atoms with Gasteiger partial charge in [-0.1, -0.05) is 19.3 Å². The van der Waals surface area contributed by atoms with Gasteiger partial charge in [0.15, 0.2) is 0 Å². The molecule has 0 aromatic carbocycles. The zero-order valence-corrected chi connectivity index (χ0v) is 17.8. The fraction of sp³-hybridized carbons (Fsp3) is 0.545. The molecule has 0 radical (unpaired) electrons. The lowest BCUT2D eigenvalue weighted by Crippen LogP contribution is -2.50. The number of rotatable bonds is 4. The Kier molecular flexibility index (Phi) is 6.01. The van der Waals surface area contributed by atoms with Crippen LogP contribution in [0.25, 0.3) is 0 Å². The molecule has 8 nitrogen and oxygen atoms in total. The van der Waals surface area contributed by atoms with Gasteiger partial charge in [-0.25, -0.2) is 4.98 Å². The van der Waals surface area contributed by atoms with E-state index in [0.29, 0.717) is 38.2 Å². The predicted molar refractivity (Wildman–Crippen MR) is 117 cm³/mol. The van der Waals surface area contributed by atoms with Crippen LogP contribution in [0, 0.1) is 6.92 Å². The van der Waals surface area contributed by atoms with Gasteiger partial charge >= 0.3 is 0 Å². The zero-order valence-electron chi connectivity index (χ0n) is 17.8. The molecule has 3 heterocycles. The number of amides is 1. The Morgan fingerprint density at radius 2 is 1.83 bits per heavy atom. The van der Waals surface area contributed by atoms with Crippen LogP contribution in [-0.2, 0) is 7.05 Å². The van der Waals surface area contributed by atoms with E-state index >= 15 is 0 Å². The summed E-state index contributed by atoms with van der Waals surface area (Å²) in [7, 11) is 1.66. The standard InChI is InChI=1S/C22H30N6O2/c1-16-15-19(25-22(23-16)24-17-7-4-3-5-8-17)27-11-13-28(14-12-27)21(30)18-9-6-10-26(2)20(18)29/h6,9-10,15,17H,3-5,7-8,11-14H2,1-2H3,(H,23,24,25). The largest absolute Gasteiger partial charge is 0.353 e. The molecular weight excluding hydrogens is 380 g/mol. The smallest absolute Gasteiger partial charge is 0.263 e. The maximum Gasteiger partial charge on any atom is 0.263 e. The molecule has 1 saturated carbocycles. The minimum Gasteiger partial charge on any atom is -0.353 e. The van der Waals surface area contributed by atoms with Crippen molar-refractivity contribution in [2.45, 2.75) is 45.1 Å². The highest BCUT2D eigenvalue weighted by Crippen LogP contribution is 2.22. The first-order valence-corrected chi connectivity index (χ1v) is 10.8. The van der Waals surface area contributed by atoms with Gasteiger partial charge in [0.05, 0.1) is 0 Å². The lowest BCUT2D eigenvalue weighted by molar-refractivity contribution is 0.0744. The number of hydrogen-bond donors (Lipinski definition) is 1. The van der Waals surface area contributed by atoms with E-state index in [-0.39, 0.29) is 17.0 Å².